The Balaban J connectivity index is 0.000000398. The van der Waals surface area contributed by atoms with Crippen molar-refractivity contribution < 1.29 is 111 Å². The van der Waals surface area contributed by atoms with Crippen LogP contribution >= 0.6 is 29.1 Å². The van der Waals surface area contributed by atoms with Gasteiger partial charge in [0.05, 0.1) is 0 Å². The zero-order valence-corrected chi connectivity index (χ0v) is 44.2. The van der Waals surface area contributed by atoms with Crippen molar-refractivity contribution in [2.75, 3.05) is 0 Å². The molecule has 0 aromatic heterocycles. The van der Waals surface area contributed by atoms with Gasteiger partial charge in [-0.3, -0.25) is 9.13 Å². The van der Waals surface area contributed by atoms with E-state index in [9.17, 15) is 18.9 Å². The second kappa shape index (κ2) is 28.7. The Kier molecular flexibility index (Phi) is 25.5. The van der Waals surface area contributed by atoms with E-state index in [0.29, 0.717) is 42.4 Å². The molecule has 322 valence electrons. The van der Waals surface area contributed by atoms with E-state index in [1.807, 2.05) is 146 Å². The van der Waals surface area contributed by atoms with Crippen molar-refractivity contribution in [3.05, 3.63) is 256 Å². The molecule has 8 nitrogen and oxygen atoms in total. The van der Waals surface area contributed by atoms with Crippen molar-refractivity contribution in [2.24, 2.45) is 9.03 Å². The smallest absolute Gasteiger partial charge is 1.00 e. The first-order valence-electron chi connectivity index (χ1n) is 19.0. The molecule has 0 aliphatic carbocycles. The van der Waals surface area contributed by atoms with E-state index in [0.717, 1.165) is 0 Å². The Labute approximate surface area is 443 Å². The van der Waals surface area contributed by atoms with Crippen LogP contribution in [0.25, 0.3) is 0 Å². The molecule has 0 aliphatic heterocycles. The largest absolute Gasteiger partial charge is 2.00 e. The van der Waals surface area contributed by atoms with Gasteiger partial charge in [-0.1, -0.05) is 194 Å². The van der Waals surface area contributed by atoms with E-state index in [4.69, 9.17) is 18.3 Å². The standard InChI is InChI=1S/2C24H20NO2P2.2CO.ClH.K.Ru/c2*26-28(21-13-5-1-6-14-21,22-15-7-2-8-16-22)25-29(27,23-17-9-3-10-18-23)24-19-11-4-12-20-24;2*1-2;;;/h2*1-20H;;;1H;;/q2*-1;;;;+1;+2/p-1. The maximum Gasteiger partial charge on any atom is 2.00 e. The SMILES string of the molecule is O=P(N=P([O-])(c1ccccc1)c1ccccc1)(c1ccccc1)c1ccccc1.O=P(N=P([O-])(c1ccccc1)c1ccccc1)(c1ccccc1)c1ccccc1.[C-]#[O+].[C-]#[O+].[Cl-].[K+].[Ru+2]. The Hall–Kier alpha value is -3.37. The molecule has 0 saturated heterocycles. The third kappa shape index (κ3) is 14.3. The predicted octanol–water partition coefficient (Wildman–Crippen LogP) is 2.02. The number of rotatable bonds is 10. The summed E-state index contributed by atoms with van der Waals surface area (Å²) < 4.78 is 53.3. The first-order valence-corrected chi connectivity index (χ1v) is 25.7. The van der Waals surface area contributed by atoms with Crippen LogP contribution < -0.4 is 116 Å². The van der Waals surface area contributed by atoms with E-state index in [1.165, 1.54) is 0 Å². The molecular formula is C50H40ClKN2O6P4Ru. The van der Waals surface area contributed by atoms with Gasteiger partial charge in [-0.15, -0.1) is 0 Å². The maximum atomic E-state index is 14.4. The number of hydrogen-bond donors (Lipinski definition) is 0. The van der Waals surface area contributed by atoms with Crippen LogP contribution in [-0.2, 0) is 37.9 Å². The van der Waals surface area contributed by atoms with Crippen molar-refractivity contribution in [3.8, 4) is 0 Å². The van der Waals surface area contributed by atoms with Gasteiger partial charge < -0.3 is 22.2 Å². The van der Waals surface area contributed by atoms with Gasteiger partial charge in [-0.05, 0) is 84.3 Å². The molecule has 0 heterocycles. The molecule has 0 amide bonds. The van der Waals surface area contributed by atoms with E-state index >= 15 is 0 Å². The summed E-state index contributed by atoms with van der Waals surface area (Å²) in [6, 6.07) is 72.8. The summed E-state index contributed by atoms with van der Waals surface area (Å²) in [6.45, 7) is 9.00. The summed E-state index contributed by atoms with van der Waals surface area (Å²) in [5, 5.41) is 4.54. The molecule has 0 radical (unpaired) electrons. The van der Waals surface area contributed by atoms with Crippen molar-refractivity contribution in [3.63, 3.8) is 0 Å². The van der Waals surface area contributed by atoms with Gasteiger partial charge in [0.1, 0.15) is 0 Å². The first kappa shape index (κ1) is 57.8. The predicted molar refractivity (Wildman–Crippen MR) is 250 cm³/mol. The summed E-state index contributed by atoms with van der Waals surface area (Å²) in [5.74, 6) is 0. The fraction of sp³-hybridized carbons (Fsp3) is 0. The van der Waals surface area contributed by atoms with E-state index < -0.39 is 29.1 Å². The number of nitrogens with zero attached hydrogens (tertiary/aromatic N) is 2. The Morgan fingerprint density at radius 1 is 0.308 bits per heavy atom. The molecule has 0 atom stereocenters. The third-order valence-electron chi connectivity index (χ3n) is 9.35. The maximum absolute atomic E-state index is 14.4. The fourth-order valence-electron chi connectivity index (χ4n) is 6.40. The van der Waals surface area contributed by atoms with Crippen LogP contribution in [-0.4, -0.2) is 0 Å². The van der Waals surface area contributed by atoms with Crippen LogP contribution in [0.4, 0.5) is 0 Å². The quantitative estimate of drug-likeness (QED) is 0.0895. The monoisotopic (exact) mass is 1060 g/mol. The van der Waals surface area contributed by atoms with E-state index in [2.05, 4.69) is 13.3 Å². The van der Waals surface area contributed by atoms with Gasteiger partial charge in [0, 0.05) is 21.2 Å². The minimum absolute atomic E-state index is 0. The molecule has 15 heteroatoms. The normalized spacial score (nSPS) is 10.6. The minimum Gasteiger partial charge on any atom is -1.00 e. The van der Waals surface area contributed by atoms with Crippen LogP contribution in [0, 0.1) is 13.3 Å². The third-order valence-corrected chi connectivity index (χ3v) is 21.4. The van der Waals surface area contributed by atoms with Gasteiger partial charge in [0.25, 0.3) is 0 Å². The van der Waals surface area contributed by atoms with Gasteiger partial charge in [0.15, 0.2) is 0 Å². The van der Waals surface area contributed by atoms with Crippen molar-refractivity contribution in [1.29, 1.82) is 0 Å². The molecule has 65 heavy (non-hydrogen) atoms. The summed E-state index contributed by atoms with van der Waals surface area (Å²) >= 11 is 0. The van der Waals surface area contributed by atoms with Crippen molar-refractivity contribution in [1.82, 2.24) is 0 Å². The second-order valence-corrected chi connectivity index (χ2v) is 23.3. The zero-order valence-electron chi connectivity index (χ0n) is 35.0. The molecule has 0 aliphatic rings. The average molecular weight is 1060 g/mol. The Morgan fingerprint density at radius 3 is 0.569 bits per heavy atom. The summed E-state index contributed by atoms with van der Waals surface area (Å²) in [4.78, 5) is 28.9. The van der Waals surface area contributed by atoms with Crippen LogP contribution in [0.15, 0.2) is 252 Å². The summed E-state index contributed by atoms with van der Waals surface area (Å²) in [7, 11) is -14.1. The van der Waals surface area contributed by atoms with E-state index in [-0.39, 0.29) is 83.3 Å². The molecule has 0 bridgehead atoms. The number of benzene rings is 8. The van der Waals surface area contributed by atoms with Gasteiger partial charge >= 0.3 is 93.5 Å². The van der Waals surface area contributed by atoms with Gasteiger partial charge in [-0.2, -0.15) is 0 Å². The summed E-state index contributed by atoms with van der Waals surface area (Å²) in [6.07, 6.45) is 0. The minimum atomic E-state index is -3.51. The van der Waals surface area contributed by atoms with E-state index in [1.54, 1.807) is 97.1 Å². The van der Waals surface area contributed by atoms with Crippen molar-refractivity contribution >= 4 is 71.6 Å². The molecule has 0 fully saturated rings. The average Bonchev–Trinajstić information content (AvgIpc) is 3.37. The molecule has 8 rings (SSSR count). The molecule has 8 aromatic rings. The molecule has 0 saturated carbocycles. The molecule has 8 aromatic carbocycles. The zero-order chi connectivity index (χ0) is 44.3. The topological polar surface area (TPSA) is 145 Å². The number of halogens is 1. The van der Waals surface area contributed by atoms with Gasteiger partial charge in [0.2, 0.25) is 14.6 Å². The molecule has 0 N–H and O–H groups in total. The van der Waals surface area contributed by atoms with Gasteiger partial charge in [-0.25, -0.2) is 9.03 Å². The number of hydrogen-bond acceptors (Lipinski definition) is 4. The second-order valence-electron chi connectivity index (χ2n) is 13.2. The molecular weight excluding hydrogens is 1020 g/mol. The fourth-order valence-corrected chi connectivity index (χ4v) is 18.4. The molecule has 0 unspecified atom stereocenters. The van der Waals surface area contributed by atoms with Crippen LogP contribution in [0.3, 0.4) is 0 Å². The summed E-state index contributed by atoms with van der Waals surface area (Å²) in [5.41, 5.74) is 0. The Morgan fingerprint density at radius 2 is 0.431 bits per heavy atom. The first-order chi connectivity index (χ1) is 30.3. The van der Waals surface area contributed by atoms with Crippen LogP contribution in [0.2, 0.25) is 0 Å². The van der Waals surface area contributed by atoms with Crippen LogP contribution in [0.1, 0.15) is 0 Å². The van der Waals surface area contributed by atoms with Crippen LogP contribution in [0.5, 0.6) is 0 Å². The Bertz CT molecular complexity index is 2500. The molecule has 0 spiro atoms. The van der Waals surface area contributed by atoms with Crippen molar-refractivity contribution in [2.45, 2.75) is 0 Å².